The van der Waals surface area contributed by atoms with Crippen molar-refractivity contribution >= 4 is 160 Å². The van der Waals surface area contributed by atoms with Crippen LogP contribution >= 0.6 is 105 Å². The summed E-state index contributed by atoms with van der Waals surface area (Å²) in [6, 6.07) is 69.8. The van der Waals surface area contributed by atoms with E-state index < -0.39 is 0 Å². The number of hydrogen-bond acceptors (Lipinski definition) is 16. The van der Waals surface area contributed by atoms with Crippen LogP contribution in [0.15, 0.2) is 212 Å². The van der Waals surface area contributed by atoms with Gasteiger partial charge in [0.1, 0.15) is 28.9 Å². The van der Waals surface area contributed by atoms with Crippen molar-refractivity contribution in [2.75, 3.05) is 0 Å². The van der Waals surface area contributed by atoms with Gasteiger partial charge in [0.25, 0.3) is 0 Å². The summed E-state index contributed by atoms with van der Waals surface area (Å²) in [6.45, 7) is 0. The Morgan fingerprint density at radius 3 is 0.975 bits per heavy atom. The normalized spacial score (nSPS) is 11.4. The highest BCUT2D eigenvalue weighted by molar-refractivity contribution is 8.14. The highest BCUT2D eigenvalue weighted by Crippen LogP contribution is 2.30. The van der Waals surface area contributed by atoms with Crippen LogP contribution in [0.2, 0.25) is 20.1 Å². The van der Waals surface area contributed by atoms with Gasteiger partial charge in [0, 0.05) is 103 Å². The first-order chi connectivity index (χ1) is 57.8. The van der Waals surface area contributed by atoms with Gasteiger partial charge in [-0.05, 0) is 178 Å². The lowest BCUT2D eigenvalue weighted by Gasteiger charge is -2.21. The fourth-order valence-electron chi connectivity index (χ4n) is 13.2. The van der Waals surface area contributed by atoms with E-state index in [0.29, 0.717) is 121 Å². The molecular weight excluding hydrogens is 1680 g/mol. The van der Waals surface area contributed by atoms with Gasteiger partial charge in [-0.3, -0.25) is 51.0 Å². The van der Waals surface area contributed by atoms with Crippen LogP contribution in [0.4, 0.5) is 0 Å². The first-order valence-electron chi connectivity index (χ1n) is 40.0. The summed E-state index contributed by atoms with van der Waals surface area (Å²) in [6.07, 6.45) is 19.7. The molecule has 0 radical (unpaired) electrons. The SMILES string of the molecule is N#Cc1ccc(CCC(=O)Cc2ccccc2CSC(=N)N)cc1.N=C(N)SCc1ccccc1CC(=O)CCCC1CCCCC1.N=C(N)SCc1ccccc1CC(=O)CCCc1ccc(Cl)c(Cl)c1.N=C(N)SCc1ccccc1CC(=O)CCCc1ccc(Cl)cc1.N=C(N)SCc1ccccc1CC(=O)CCCc1ccccc1Cl. The molecule has 0 aliphatic heterocycles. The molecule has 9 aromatic carbocycles. The Morgan fingerprint density at radius 2 is 0.625 bits per heavy atom. The van der Waals surface area contributed by atoms with E-state index in [4.69, 9.17) is 107 Å². The van der Waals surface area contributed by atoms with E-state index in [1.165, 1.54) is 103 Å². The number of carbonyl (C=O) groups excluding carboxylic acids is 5. The number of aryl methyl sites for hydroxylation is 4. The Balaban J connectivity index is 0.000000233. The summed E-state index contributed by atoms with van der Waals surface area (Å²) >= 11 is 30.3. The van der Waals surface area contributed by atoms with E-state index in [1.807, 2.05) is 194 Å². The van der Waals surface area contributed by atoms with Gasteiger partial charge in [0.2, 0.25) is 0 Å². The fourth-order valence-corrected chi connectivity index (χ4v) is 16.9. The van der Waals surface area contributed by atoms with Crippen molar-refractivity contribution in [3.05, 3.63) is 316 Å². The zero-order valence-corrected chi connectivity index (χ0v) is 74.8. The first-order valence-corrected chi connectivity index (χ1v) is 46.4. The van der Waals surface area contributed by atoms with E-state index in [9.17, 15) is 24.0 Å². The van der Waals surface area contributed by atoms with Crippen molar-refractivity contribution in [2.45, 2.75) is 183 Å². The summed E-state index contributed by atoms with van der Waals surface area (Å²) in [7, 11) is 0. The predicted molar refractivity (Wildman–Crippen MR) is 510 cm³/mol. The molecule has 0 aromatic heterocycles. The molecule has 1 aliphatic carbocycles. The van der Waals surface area contributed by atoms with Gasteiger partial charge < -0.3 is 28.7 Å². The number of nitrogens with zero attached hydrogens (tertiary/aromatic N) is 1. The third-order valence-electron chi connectivity index (χ3n) is 19.6. The molecule has 0 bridgehead atoms. The van der Waals surface area contributed by atoms with Crippen LogP contribution in [0.25, 0.3) is 0 Å². The summed E-state index contributed by atoms with van der Waals surface area (Å²) in [5.74, 6) is 5.18. The van der Waals surface area contributed by atoms with Gasteiger partial charge >= 0.3 is 0 Å². The third-order valence-corrected chi connectivity index (χ3v) is 24.8. The lowest BCUT2D eigenvalue weighted by atomic mass is 9.85. The molecule has 0 atom stereocenters. The molecule has 0 spiro atoms. The van der Waals surface area contributed by atoms with Gasteiger partial charge in [0.15, 0.2) is 25.8 Å². The molecule has 16 nitrogen and oxygen atoms in total. The van der Waals surface area contributed by atoms with E-state index in [-0.39, 0.29) is 49.0 Å². The number of nitriles is 1. The molecule has 15 N–H and O–H groups in total. The van der Waals surface area contributed by atoms with E-state index in [1.54, 1.807) is 18.2 Å². The number of hydrogen-bond donors (Lipinski definition) is 10. The van der Waals surface area contributed by atoms with Crippen LogP contribution in [0, 0.1) is 44.3 Å². The van der Waals surface area contributed by atoms with Crippen molar-refractivity contribution in [1.82, 2.24) is 0 Å². The average molecular weight is 1790 g/mol. The molecule has 0 unspecified atom stereocenters. The largest absolute Gasteiger partial charge is 0.379 e. The van der Waals surface area contributed by atoms with Gasteiger partial charge in [-0.1, -0.05) is 314 Å². The number of nitrogens with one attached hydrogen (secondary N) is 5. The Kier molecular flexibility index (Phi) is 47.8. The van der Waals surface area contributed by atoms with Crippen molar-refractivity contribution in [3.63, 3.8) is 0 Å². The van der Waals surface area contributed by atoms with Crippen LogP contribution in [-0.4, -0.2) is 54.8 Å². The molecule has 1 saturated carbocycles. The third kappa shape index (κ3) is 42.0. The molecule has 0 heterocycles. The molecule has 632 valence electrons. The molecule has 0 amide bonds. The van der Waals surface area contributed by atoms with E-state index in [2.05, 4.69) is 6.07 Å². The second kappa shape index (κ2) is 57.4. The molecule has 120 heavy (non-hydrogen) atoms. The number of Topliss-reactive ketones (excluding diaryl/α,β-unsaturated/α-hetero) is 5. The van der Waals surface area contributed by atoms with Crippen molar-refractivity contribution in [2.24, 2.45) is 34.6 Å². The Morgan fingerprint density at radius 1 is 0.325 bits per heavy atom. The summed E-state index contributed by atoms with van der Waals surface area (Å²) < 4.78 is 0. The van der Waals surface area contributed by atoms with Crippen LogP contribution in [-0.2, 0) is 111 Å². The maximum Gasteiger partial charge on any atom is 0.151 e. The van der Waals surface area contributed by atoms with Crippen LogP contribution in [0.1, 0.15) is 180 Å². The molecule has 25 heteroatoms. The number of carbonyl (C=O) groups is 5. The van der Waals surface area contributed by atoms with Crippen LogP contribution in [0.3, 0.4) is 0 Å². The first kappa shape index (κ1) is 99.9. The number of thioether (sulfide) groups is 5. The quantitative estimate of drug-likeness (QED) is 0.0126. The van der Waals surface area contributed by atoms with Crippen LogP contribution in [0.5, 0.6) is 0 Å². The van der Waals surface area contributed by atoms with Crippen molar-refractivity contribution in [1.29, 1.82) is 32.3 Å². The number of nitrogens with two attached hydrogens (primary N) is 5. The smallest absolute Gasteiger partial charge is 0.151 e. The number of benzene rings is 9. The second-order valence-electron chi connectivity index (χ2n) is 28.9. The highest BCUT2D eigenvalue weighted by atomic mass is 35.5. The average Bonchev–Trinajstić information content (AvgIpc) is 0.903. The van der Waals surface area contributed by atoms with Crippen molar-refractivity contribution in [3.8, 4) is 6.07 Å². The van der Waals surface area contributed by atoms with Gasteiger partial charge in [-0.15, -0.1) is 0 Å². The van der Waals surface area contributed by atoms with Gasteiger partial charge in [0.05, 0.1) is 21.7 Å². The zero-order valence-electron chi connectivity index (χ0n) is 67.7. The Labute approximate surface area is 749 Å². The van der Waals surface area contributed by atoms with Crippen molar-refractivity contribution < 1.29 is 24.0 Å². The molecule has 1 aliphatic rings. The second-order valence-corrected chi connectivity index (χ2v) is 35.7. The summed E-state index contributed by atoms with van der Waals surface area (Å²) in [5.41, 5.74) is 42.5. The summed E-state index contributed by atoms with van der Waals surface area (Å²) in [5, 5.41) is 48.4. The number of rotatable bonds is 39. The minimum atomic E-state index is 0.0805. The van der Waals surface area contributed by atoms with Gasteiger partial charge in [-0.2, -0.15) is 5.26 Å². The molecule has 0 saturated heterocycles. The predicted octanol–water partition coefficient (Wildman–Crippen LogP) is 22.6. The molecule has 10 rings (SSSR count). The summed E-state index contributed by atoms with van der Waals surface area (Å²) in [4.78, 5) is 61.4. The minimum Gasteiger partial charge on any atom is -0.379 e. The number of ketones is 5. The van der Waals surface area contributed by atoms with E-state index in [0.717, 1.165) is 133 Å². The Bertz CT molecular complexity index is 4870. The maximum absolute atomic E-state index is 12.3. The standard InChI is InChI=1S/C19H20Cl2N2OS.2C19H21ClN2OS.C19H19N3OS.C19H28N2OS/c20-17-9-8-13(10-18(17)21)4-3-7-16(24)11-14-5-1-2-6-15(14)12-25-19(22)23;20-18-11-4-3-6-14(18)9-5-10-17(23)12-15-7-1-2-8-16(15)13-24-19(21)22;20-17-10-8-14(9-11-17)4-3-7-18(23)12-15-5-1-2-6-16(15)13-24-19(21)22;20-12-15-7-5-14(6-8-15)9-10-18(23)11-16-3-1-2-4-17(16)13-24-19(21)22;20-19(21)23-14-17-11-5-4-10-16(17)13-18(22)12-6-9-15-7-2-1-3-8-15/h1-2,5-6,8-10H,3-4,7,11-12H2,(H3,22,23);1-4,6-8,11H,5,9-10,12-13H2,(H3,21,22);1-2,5-6,8-11H,3-4,7,12-13H2,(H3,21,22);1-8H,9-11,13H2,(H3,21,22);4-5,10-11,15H,1-3,6-9,12-14H2,(H3,20,21). The molecule has 9 aromatic rings. The Hall–Kier alpha value is -8.92. The lowest BCUT2D eigenvalue weighted by molar-refractivity contribution is -0.119. The molecule has 1 fully saturated rings. The maximum atomic E-state index is 12.3. The van der Waals surface area contributed by atoms with Crippen LogP contribution < -0.4 is 28.7 Å². The number of halogens is 4. The lowest BCUT2D eigenvalue weighted by Crippen LogP contribution is -2.09. The molecular formula is C95H109Cl4N11O5S5. The van der Waals surface area contributed by atoms with Gasteiger partial charge in [-0.25, -0.2) is 0 Å². The monoisotopic (exact) mass is 1780 g/mol. The zero-order chi connectivity index (χ0) is 86.8. The minimum absolute atomic E-state index is 0.0805. The highest BCUT2D eigenvalue weighted by Gasteiger charge is 2.18. The van der Waals surface area contributed by atoms with E-state index >= 15 is 0 Å². The number of amidine groups is 5. The fraction of sp³-hybridized carbons (Fsp3) is 0.316. The topological polar surface area (TPSA) is 358 Å².